The first-order chi connectivity index (χ1) is 8.02. The van der Waals surface area contributed by atoms with E-state index in [1.807, 2.05) is 12.1 Å². The Morgan fingerprint density at radius 1 is 1.24 bits per heavy atom. The van der Waals surface area contributed by atoms with Crippen LogP contribution in [-0.4, -0.2) is 23.8 Å². The van der Waals surface area contributed by atoms with E-state index < -0.39 is 0 Å². The van der Waals surface area contributed by atoms with E-state index in [9.17, 15) is 0 Å². The smallest absolute Gasteiger partial charge is 0.0406 e. The lowest BCUT2D eigenvalue weighted by molar-refractivity contribution is 0.247. The van der Waals surface area contributed by atoms with E-state index in [1.165, 1.54) is 5.56 Å². The van der Waals surface area contributed by atoms with Crippen LogP contribution in [0.25, 0.3) is 0 Å². The van der Waals surface area contributed by atoms with Gasteiger partial charge in [-0.25, -0.2) is 0 Å². The van der Waals surface area contributed by atoms with Crippen molar-refractivity contribution in [2.75, 3.05) is 18.9 Å². The summed E-state index contributed by atoms with van der Waals surface area (Å²) in [5, 5.41) is 1.87. The fourth-order valence-electron chi connectivity index (χ4n) is 1.80. The highest BCUT2D eigenvalue weighted by molar-refractivity contribution is 9.09. The van der Waals surface area contributed by atoms with E-state index in [0.29, 0.717) is 11.8 Å². The van der Waals surface area contributed by atoms with E-state index in [0.717, 1.165) is 23.4 Å². The molecule has 0 N–H and O–H groups in total. The Morgan fingerprint density at radius 2 is 1.82 bits per heavy atom. The van der Waals surface area contributed by atoms with Gasteiger partial charge in [0, 0.05) is 23.4 Å². The molecule has 1 nitrogen and oxygen atoms in total. The summed E-state index contributed by atoms with van der Waals surface area (Å²) in [7, 11) is 2.17. The SMILES string of the molecule is CC(C)C(CBr)CN(C)Cc1ccc(Cl)cc1. The number of hydrogen-bond donors (Lipinski definition) is 0. The molecule has 0 saturated heterocycles. The molecule has 0 radical (unpaired) electrons. The number of halogens is 2. The van der Waals surface area contributed by atoms with Crippen molar-refractivity contribution in [1.82, 2.24) is 4.90 Å². The third kappa shape index (κ3) is 5.41. The zero-order valence-electron chi connectivity index (χ0n) is 10.8. The molecule has 0 aliphatic heterocycles. The van der Waals surface area contributed by atoms with Gasteiger partial charge in [-0.1, -0.05) is 53.5 Å². The van der Waals surface area contributed by atoms with Crippen molar-refractivity contribution >= 4 is 27.5 Å². The maximum absolute atomic E-state index is 5.88. The molecular weight excluding hydrogens is 298 g/mol. The summed E-state index contributed by atoms with van der Waals surface area (Å²) in [6, 6.07) is 8.10. The molecule has 17 heavy (non-hydrogen) atoms. The zero-order chi connectivity index (χ0) is 12.8. The summed E-state index contributed by atoms with van der Waals surface area (Å²) < 4.78 is 0. The van der Waals surface area contributed by atoms with Crippen molar-refractivity contribution in [1.29, 1.82) is 0 Å². The molecule has 0 saturated carbocycles. The Kier molecular flexibility index (Phi) is 6.53. The van der Waals surface area contributed by atoms with Crippen molar-refractivity contribution in [2.45, 2.75) is 20.4 Å². The minimum absolute atomic E-state index is 0.701. The minimum Gasteiger partial charge on any atom is -0.302 e. The normalized spacial score (nSPS) is 13.4. The van der Waals surface area contributed by atoms with Crippen LogP contribution in [0, 0.1) is 11.8 Å². The number of benzene rings is 1. The van der Waals surface area contributed by atoms with Crippen LogP contribution in [-0.2, 0) is 6.54 Å². The van der Waals surface area contributed by atoms with Gasteiger partial charge in [0.1, 0.15) is 0 Å². The van der Waals surface area contributed by atoms with E-state index in [-0.39, 0.29) is 0 Å². The van der Waals surface area contributed by atoms with Crippen LogP contribution in [0.5, 0.6) is 0 Å². The average molecular weight is 319 g/mol. The molecule has 0 bridgehead atoms. The lowest BCUT2D eigenvalue weighted by atomic mass is 9.97. The van der Waals surface area contributed by atoms with Crippen molar-refractivity contribution in [2.24, 2.45) is 11.8 Å². The standard InChI is InChI=1S/C14H21BrClN/c1-11(2)13(8-15)10-17(3)9-12-4-6-14(16)7-5-12/h4-7,11,13H,8-10H2,1-3H3. The molecule has 0 spiro atoms. The molecule has 0 heterocycles. The number of rotatable bonds is 6. The molecule has 1 atom stereocenters. The second-order valence-electron chi connectivity index (χ2n) is 4.98. The number of alkyl halides is 1. The van der Waals surface area contributed by atoms with Gasteiger partial charge in [-0.2, -0.15) is 0 Å². The van der Waals surface area contributed by atoms with Crippen LogP contribution >= 0.6 is 27.5 Å². The molecule has 0 fully saturated rings. The molecule has 3 heteroatoms. The maximum atomic E-state index is 5.88. The van der Waals surface area contributed by atoms with Gasteiger partial charge >= 0.3 is 0 Å². The van der Waals surface area contributed by atoms with E-state index in [1.54, 1.807) is 0 Å². The zero-order valence-corrected chi connectivity index (χ0v) is 13.1. The second kappa shape index (κ2) is 7.40. The van der Waals surface area contributed by atoms with Gasteiger partial charge in [-0.05, 0) is 36.6 Å². The van der Waals surface area contributed by atoms with Gasteiger partial charge in [-0.3, -0.25) is 0 Å². The van der Waals surface area contributed by atoms with Gasteiger partial charge in [-0.15, -0.1) is 0 Å². The fraction of sp³-hybridized carbons (Fsp3) is 0.571. The van der Waals surface area contributed by atoms with Crippen LogP contribution in [0.3, 0.4) is 0 Å². The Morgan fingerprint density at radius 3 is 2.29 bits per heavy atom. The first kappa shape index (κ1) is 15.0. The van der Waals surface area contributed by atoms with E-state index in [2.05, 4.69) is 53.9 Å². The average Bonchev–Trinajstić information content (AvgIpc) is 2.28. The monoisotopic (exact) mass is 317 g/mol. The van der Waals surface area contributed by atoms with Gasteiger partial charge < -0.3 is 4.90 Å². The molecule has 0 aromatic heterocycles. The molecule has 0 amide bonds. The molecule has 1 aromatic rings. The highest BCUT2D eigenvalue weighted by Gasteiger charge is 2.14. The highest BCUT2D eigenvalue weighted by Crippen LogP contribution is 2.16. The molecule has 1 aromatic carbocycles. The van der Waals surface area contributed by atoms with E-state index >= 15 is 0 Å². The predicted octanol–water partition coefficient (Wildman–Crippen LogP) is 4.44. The quantitative estimate of drug-likeness (QED) is 0.701. The summed E-state index contributed by atoms with van der Waals surface area (Å²) >= 11 is 9.47. The van der Waals surface area contributed by atoms with Crippen LogP contribution in [0.1, 0.15) is 19.4 Å². The molecular formula is C14H21BrClN. The van der Waals surface area contributed by atoms with Crippen molar-refractivity contribution < 1.29 is 0 Å². The van der Waals surface area contributed by atoms with Gasteiger partial charge in [0.25, 0.3) is 0 Å². The number of hydrogen-bond acceptors (Lipinski definition) is 1. The van der Waals surface area contributed by atoms with Crippen LogP contribution in [0.4, 0.5) is 0 Å². The van der Waals surface area contributed by atoms with Crippen LogP contribution in [0.15, 0.2) is 24.3 Å². The third-order valence-corrected chi connectivity index (χ3v) is 4.14. The number of nitrogens with zero attached hydrogens (tertiary/aromatic N) is 1. The van der Waals surface area contributed by atoms with Gasteiger partial charge in [0.05, 0.1) is 0 Å². The minimum atomic E-state index is 0.701. The first-order valence-corrected chi connectivity index (χ1v) is 7.51. The van der Waals surface area contributed by atoms with Crippen LogP contribution in [0.2, 0.25) is 5.02 Å². The summed E-state index contributed by atoms with van der Waals surface area (Å²) in [5.41, 5.74) is 1.31. The Bertz CT molecular complexity index is 323. The second-order valence-corrected chi connectivity index (χ2v) is 6.07. The summed E-state index contributed by atoms with van der Waals surface area (Å²) in [4.78, 5) is 2.37. The van der Waals surface area contributed by atoms with Gasteiger partial charge in [0.2, 0.25) is 0 Å². The van der Waals surface area contributed by atoms with Crippen molar-refractivity contribution in [3.8, 4) is 0 Å². The third-order valence-electron chi connectivity index (χ3n) is 3.05. The van der Waals surface area contributed by atoms with Crippen LogP contribution < -0.4 is 0 Å². The lowest BCUT2D eigenvalue weighted by Crippen LogP contribution is -2.29. The molecule has 0 aliphatic carbocycles. The molecule has 1 rings (SSSR count). The Labute approximate surface area is 118 Å². The largest absolute Gasteiger partial charge is 0.302 e. The molecule has 0 aliphatic rings. The topological polar surface area (TPSA) is 3.24 Å². The Hall–Kier alpha value is -0.0500. The lowest BCUT2D eigenvalue weighted by Gasteiger charge is -2.25. The summed E-state index contributed by atoms with van der Waals surface area (Å²) in [5.74, 6) is 1.41. The predicted molar refractivity (Wildman–Crippen MR) is 79.9 cm³/mol. The summed E-state index contributed by atoms with van der Waals surface area (Å²) in [6.07, 6.45) is 0. The van der Waals surface area contributed by atoms with Gasteiger partial charge in [0.15, 0.2) is 0 Å². The van der Waals surface area contributed by atoms with Crippen molar-refractivity contribution in [3.05, 3.63) is 34.9 Å². The van der Waals surface area contributed by atoms with Crippen molar-refractivity contribution in [3.63, 3.8) is 0 Å². The fourth-order valence-corrected chi connectivity index (χ4v) is 2.88. The molecule has 96 valence electrons. The Balaban J connectivity index is 2.48. The maximum Gasteiger partial charge on any atom is 0.0406 e. The summed E-state index contributed by atoms with van der Waals surface area (Å²) in [6.45, 7) is 6.66. The van der Waals surface area contributed by atoms with E-state index in [4.69, 9.17) is 11.6 Å². The molecule has 1 unspecified atom stereocenters. The first-order valence-electron chi connectivity index (χ1n) is 6.02. The highest BCUT2D eigenvalue weighted by atomic mass is 79.9.